The lowest BCUT2D eigenvalue weighted by atomic mass is 10.1. The molecule has 0 unspecified atom stereocenters. The Morgan fingerprint density at radius 3 is 2.28 bits per heavy atom. The van der Waals surface area contributed by atoms with E-state index in [-0.39, 0.29) is 22.2 Å². The van der Waals surface area contributed by atoms with Gasteiger partial charge in [0.1, 0.15) is 22.1 Å². The van der Waals surface area contributed by atoms with Gasteiger partial charge in [0.05, 0.1) is 5.56 Å². The van der Waals surface area contributed by atoms with E-state index in [1.54, 1.807) is 0 Å². The third kappa shape index (κ3) is 4.46. The number of halogens is 3. The fraction of sp³-hybridized carbons (Fsp3) is 0.111. The zero-order chi connectivity index (χ0) is 21.2. The Bertz CT molecular complexity index is 1130. The Kier molecular flexibility index (Phi) is 5.44. The summed E-state index contributed by atoms with van der Waals surface area (Å²) >= 11 is 0. The molecule has 0 saturated heterocycles. The van der Waals surface area contributed by atoms with E-state index in [2.05, 4.69) is 14.7 Å². The third-order valence-corrected chi connectivity index (χ3v) is 5.31. The zero-order valence-electron chi connectivity index (χ0n) is 14.8. The predicted molar refractivity (Wildman–Crippen MR) is 96.9 cm³/mol. The molecule has 0 bridgehead atoms. The molecule has 0 aliphatic rings. The lowest BCUT2D eigenvalue weighted by Gasteiger charge is -2.12. The maximum absolute atomic E-state index is 12.7. The summed E-state index contributed by atoms with van der Waals surface area (Å²) in [7, 11) is -2.65. The number of nitrogens with zero attached hydrogens (tertiary/aromatic N) is 2. The minimum atomic E-state index is -4.47. The quantitative estimate of drug-likeness (QED) is 0.648. The molecule has 0 atom stereocenters. The summed E-state index contributed by atoms with van der Waals surface area (Å²) in [5, 5.41) is 10.1. The summed E-state index contributed by atoms with van der Waals surface area (Å²) in [6.07, 6.45) is -1.80. The molecule has 2 aromatic carbocycles. The van der Waals surface area contributed by atoms with Gasteiger partial charge in [-0.1, -0.05) is 6.07 Å². The van der Waals surface area contributed by atoms with Gasteiger partial charge < -0.3 is 9.84 Å². The van der Waals surface area contributed by atoms with E-state index >= 15 is 0 Å². The molecule has 11 heteroatoms. The highest BCUT2D eigenvalue weighted by molar-refractivity contribution is 7.89. The maximum Gasteiger partial charge on any atom is 0.416 e. The van der Waals surface area contributed by atoms with Gasteiger partial charge >= 0.3 is 6.18 Å². The first kappa shape index (κ1) is 20.6. The van der Waals surface area contributed by atoms with Crippen molar-refractivity contribution in [2.75, 3.05) is 7.05 Å². The predicted octanol–water partition coefficient (Wildman–Crippen LogP) is 3.57. The molecule has 3 aromatic rings. The van der Waals surface area contributed by atoms with Crippen molar-refractivity contribution in [3.05, 3.63) is 60.4 Å². The first-order valence-electron chi connectivity index (χ1n) is 8.05. The number of rotatable bonds is 5. The summed E-state index contributed by atoms with van der Waals surface area (Å²) in [4.78, 5) is 7.81. The fourth-order valence-electron chi connectivity index (χ4n) is 2.42. The highest BCUT2D eigenvalue weighted by atomic mass is 32.2. The zero-order valence-corrected chi connectivity index (χ0v) is 15.6. The van der Waals surface area contributed by atoms with E-state index in [0.717, 1.165) is 24.3 Å². The van der Waals surface area contributed by atoms with Crippen molar-refractivity contribution in [2.45, 2.75) is 11.1 Å². The molecule has 0 fully saturated rings. The number of ether oxygens (including phenoxy) is 1. The van der Waals surface area contributed by atoms with Gasteiger partial charge in [-0.2, -0.15) is 13.2 Å². The van der Waals surface area contributed by atoms with Crippen molar-refractivity contribution >= 4 is 10.0 Å². The number of phenols is 1. The largest absolute Gasteiger partial charge is 0.507 e. The van der Waals surface area contributed by atoms with Crippen LogP contribution in [0.1, 0.15) is 5.56 Å². The minimum absolute atomic E-state index is 0.0316. The van der Waals surface area contributed by atoms with Gasteiger partial charge in [-0.15, -0.1) is 0 Å². The second-order valence-electron chi connectivity index (χ2n) is 5.72. The maximum atomic E-state index is 12.7. The highest BCUT2D eigenvalue weighted by Gasteiger charge is 2.30. The molecule has 0 aliphatic carbocycles. The van der Waals surface area contributed by atoms with E-state index in [9.17, 15) is 26.7 Å². The molecular weight excluding hydrogens is 411 g/mol. The van der Waals surface area contributed by atoms with Crippen molar-refractivity contribution < 1.29 is 31.4 Å². The topological polar surface area (TPSA) is 101 Å². The number of hydrogen-bond acceptors (Lipinski definition) is 6. The Hall–Kier alpha value is -3.18. The molecule has 7 nitrogen and oxygen atoms in total. The number of nitrogens with one attached hydrogen (secondary N) is 1. The number of sulfonamides is 1. The Morgan fingerprint density at radius 2 is 1.69 bits per heavy atom. The van der Waals surface area contributed by atoms with Crippen LogP contribution in [0.15, 0.2) is 59.8 Å². The summed E-state index contributed by atoms with van der Waals surface area (Å²) in [5.74, 6) is -0.447. The van der Waals surface area contributed by atoms with Crippen molar-refractivity contribution in [2.24, 2.45) is 0 Å². The molecule has 2 N–H and O–H groups in total. The van der Waals surface area contributed by atoms with E-state index in [0.29, 0.717) is 5.56 Å². The summed E-state index contributed by atoms with van der Waals surface area (Å²) in [6.45, 7) is 0. The van der Waals surface area contributed by atoms with Crippen LogP contribution in [0, 0.1) is 0 Å². The van der Waals surface area contributed by atoms with Crippen LogP contribution in [0.5, 0.6) is 17.4 Å². The van der Waals surface area contributed by atoms with Gasteiger partial charge in [0.15, 0.2) is 0 Å². The molecule has 0 radical (unpaired) electrons. The number of benzene rings is 2. The average Bonchev–Trinajstić information content (AvgIpc) is 2.68. The summed E-state index contributed by atoms with van der Waals surface area (Å²) in [5.41, 5.74) is -0.362. The first-order chi connectivity index (χ1) is 13.6. The van der Waals surface area contributed by atoms with E-state index in [1.165, 1.54) is 37.6 Å². The minimum Gasteiger partial charge on any atom is -0.507 e. The molecular formula is C18H14F3N3O4S. The fourth-order valence-corrected chi connectivity index (χ4v) is 3.22. The Morgan fingerprint density at radius 1 is 1.03 bits per heavy atom. The average molecular weight is 425 g/mol. The van der Waals surface area contributed by atoms with Crippen LogP contribution in [-0.2, 0) is 16.2 Å². The molecule has 0 amide bonds. The van der Waals surface area contributed by atoms with Gasteiger partial charge in [0, 0.05) is 18.0 Å². The molecule has 1 heterocycles. The highest BCUT2D eigenvalue weighted by Crippen LogP contribution is 2.35. The molecule has 152 valence electrons. The molecule has 29 heavy (non-hydrogen) atoms. The first-order valence-corrected chi connectivity index (χ1v) is 9.53. The lowest BCUT2D eigenvalue weighted by molar-refractivity contribution is -0.137. The summed E-state index contributed by atoms with van der Waals surface area (Å²) < 4.78 is 69.4. The third-order valence-electron chi connectivity index (χ3n) is 3.85. The van der Waals surface area contributed by atoms with Gasteiger partial charge in [-0.3, -0.25) is 0 Å². The van der Waals surface area contributed by atoms with Crippen molar-refractivity contribution in [1.82, 2.24) is 14.7 Å². The standard InChI is InChI=1S/C18H14F3N3O4S/c1-22-29(26,27)15-7-2-11(10-14(15)25)16-17(24-9-8-23-16)28-13-5-3-12(4-6-13)18(19,20)21/h2-10,22,25H,1H3. The van der Waals surface area contributed by atoms with Crippen LogP contribution in [0.2, 0.25) is 0 Å². The molecule has 0 spiro atoms. The van der Waals surface area contributed by atoms with Crippen LogP contribution in [0.3, 0.4) is 0 Å². The van der Waals surface area contributed by atoms with Crippen LogP contribution in [0.25, 0.3) is 11.3 Å². The lowest BCUT2D eigenvalue weighted by Crippen LogP contribution is -2.18. The number of hydrogen-bond donors (Lipinski definition) is 2. The van der Waals surface area contributed by atoms with E-state index < -0.39 is 27.5 Å². The second-order valence-corrected chi connectivity index (χ2v) is 7.58. The molecule has 0 saturated carbocycles. The van der Waals surface area contributed by atoms with Crippen LogP contribution < -0.4 is 9.46 Å². The van der Waals surface area contributed by atoms with Crippen LogP contribution in [-0.4, -0.2) is 30.5 Å². The van der Waals surface area contributed by atoms with Crippen LogP contribution >= 0.6 is 0 Å². The Balaban J connectivity index is 1.95. The monoisotopic (exact) mass is 425 g/mol. The van der Waals surface area contributed by atoms with Gasteiger partial charge in [-0.05, 0) is 43.4 Å². The Labute approximate surface area is 163 Å². The normalized spacial score (nSPS) is 12.0. The van der Waals surface area contributed by atoms with Crippen molar-refractivity contribution in [3.8, 4) is 28.6 Å². The number of alkyl halides is 3. The van der Waals surface area contributed by atoms with Gasteiger partial charge in [0.25, 0.3) is 0 Å². The molecule has 3 rings (SSSR count). The number of phenolic OH excluding ortho intramolecular Hbond substituents is 1. The summed E-state index contributed by atoms with van der Waals surface area (Å²) in [6, 6.07) is 7.78. The molecule has 0 aliphatic heterocycles. The van der Waals surface area contributed by atoms with Crippen molar-refractivity contribution in [3.63, 3.8) is 0 Å². The van der Waals surface area contributed by atoms with E-state index in [4.69, 9.17) is 4.74 Å². The second kappa shape index (κ2) is 7.68. The molecule has 1 aromatic heterocycles. The van der Waals surface area contributed by atoms with Crippen molar-refractivity contribution in [1.29, 1.82) is 0 Å². The number of aromatic nitrogens is 2. The van der Waals surface area contributed by atoms with Crippen LogP contribution in [0.4, 0.5) is 13.2 Å². The van der Waals surface area contributed by atoms with Gasteiger partial charge in [-0.25, -0.2) is 23.1 Å². The number of aromatic hydroxyl groups is 1. The smallest absolute Gasteiger partial charge is 0.416 e. The van der Waals surface area contributed by atoms with Gasteiger partial charge in [0.2, 0.25) is 15.9 Å². The van der Waals surface area contributed by atoms with E-state index in [1.807, 2.05) is 0 Å². The SMILES string of the molecule is CNS(=O)(=O)c1ccc(-c2nccnc2Oc2ccc(C(F)(F)F)cc2)cc1O.